The highest BCUT2D eigenvalue weighted by Gasteiger charge is 2.31. The van der Waals surface area contributed by atoms with E-state index < -0.39 is 5.97 Å². The number of anilines is 1. The molecule has 0 aromatic carbocycles. The van der Waals surface area contributed by atoms with Gasteiger partial charge in [-0.3, -0.25) is 9.36 Å². The van der Waals surface area contributed by atoms with E-state index in [9.17, 15) is 4.79 Å². The van der Waals surface area contributed by atoms with Gasteiger partial charge in [0.1, 0.15) is 0 Å². The van der Waals surface area contributed by atoms with Gasteiger partial charge in [-0.1, -0.05) is 11.8 Å². The van der Waals surface area contributed by atoms with Crippen LogP contribution >= 0.6 is 11.8 Å². The van der Waals surface area contributed by atoms with Crippen LogP contribution in [0.3, 0.4) is 0 Å². The molecule has 1 aliphatic carbocycles. The van der Waals surface area contributed by atoms with E-state index in [2.05, 4.69) is 10.2 Å². The normalized spacial score (nSPS) is 14.6. The molecule has 7 nitrogen and oxygen atoms in total. The van der Waals surface area contributed by atoms with Gasteiger partial charge in [-0.2, -0.15) is 0 Å². The number of hydrogen-bond donors (Lipinski definition) is 1. The van der Waals surface area contributed by atoms with E-state index in [-0.39, 0.29) is 5.75 Å². The highest BCUT2D eigenvalue weighted by Crippen LogP contribution is 2.40. The number of aliphatic carboxylic acids is 1. The molecule has 1 saturated carbocycles. The summed E-state index contributed by atoms with van der Waals surface area (Å²) in [6.07, 6.45) is 2.20. The van der Waals surface area contributed by atoms with Gasteiger partial charge in [-0.25, -0.2) is 0 Å². The minimum Gasteiger partial charge on any atom is -0.481 e. The summed E-state index contributed by atoms with van der Waals surface area (Å²) < 4.78 is 7.10. The zero-order chi connectivity index (χ0) is 13.8. The largest absolute Gasteiger partial charge is 0.481 e. The third-order valence-electron chi connectivity index (χ3n) is 2.86. The molecule has 0 bridgehead atoms. The summed E-state index contributed by atoms with van der Waals surface area (Å²) in [5, 5.41) is 17.7. The molecule has 0 amide bonds. The molecular weight excluding hydrogens is 268 g/mol. The molecule has 0 aliphatic heterocycles. The smallest absolute Gasteiger partial charge is 0.313 e. The number of hydrogen-bond acceptors (Lipinski definition) is 6. The van der Waals surface area contributed by atoms with Crippen molar-refractivity contribution >= 4 is 23.7 Å². The van der Waals surface area contributed by atoms with Crippen molar-refractivity contribution in [1.82, 2.24) is 14.8 Å². The van der Waals surface area contributed by atoms with Crippen LogP contribution in [-0.4, -0.2) is 58.9 Å². The summed E-state index contributed by atoms with van der Waals surface area (Å²) in [5.41, 5.74) is 0. The summed E-state index contributed by atoms with van der Waals surface area (Å²) >= 11 is 1.22. The fourth-order valence-corrected chi connectivity index (χ4v) is 2.46. The van der Waals surface area contributed by atoms with E-state index in [1.807, 2.05) is 16.5 Å². The molecule has 0 unspecified atom stereocenters. The average Bonchev–Trinajstić information content (AvgIpc) is 3.13. The molecule has 2 rings (SSSR count). The van der Waals surface area contributed by atoms with Crippen molar-refractivity contribution in [1.29, 1.82) is 0 Å². The van der Waals surface area contributed by atoms with Crippen molar-refractivity contribution in [2.24, 2.45) is 0 Å². The Labute approximate surface area is 115 Å². The fourth-order valence-electron chi connectivity index (χ4n) is 1.73. The lowest BCUT2D eigenvalue weighted by Gasteiger charge is -2.18. The van der Waals surface area contributed by atoms with Crippen LogP contribution in [0, 0.1) is 0 Å². The predicted octanol–water partition coefficient (Wildman–Crippen LogP) is 0.872. The molecule has 8 heteroatoms. The van der Waals surface area contributed by atoms with Gasteiger partial charge in [-0.05, 0) is 12.8 Å². The zero-order valence-electron chi connectivity index (χ0n) is 11.1. The lowest BCUT2D eigenvalue weighted by Crippen LogP contribution is -2.25. The summed E-state index contributed by atoms with van der Waals surface area (Å²) in [4.78, 5) is 12.6. The van der Waals surface area contributed by atoms with E-state index in [0.29, 0.717) is 17.8 Å². The molecule has 0 atom stereocenters. The Hall–Kier alpha value is -1.28. The van der Waals surface area contributed by atoms with Gasteiger partial charge in [0.15, 0.2) is 5.16 Å². The first kappa shape index (κ1) is 14.1. The molecule has 106 valence electrons. The highest BCUT2D eigenvalue weighted by molar-refractivity contribution is 7.99. The minimum absolute atomic E-state index is 0.00659. The number of nitrogens with zero attached hydrogens (tertiary/aromatic N) is 4. The number of aromatic nitrogens is 3. The van der Waals surface area contributed by atoms with Gasteiger partial charge in [0.25, 0.3) is 0 Å². The third-order valence-corrected chi connectivity index (χ3v) is 3.78. The van der Waals surface area contributed by atoms with Crippen molar-refractivity contribution in [2.45, 2.75) is 24.0 Å². The van der Waals surface area contributed by atoms with E-state index in [0.717, 1.165) is 25.3 Å². The minimum atomic E-state index is -0.843. The van der Waals surface area contributed by atoms with Crippen LogP contribution in [0.4, 0.5) is 5.95 Å². The number of likely N-dealkylation sites (N-methyl/N-ethyl adjacent to an activating group) is 1. The number of methoxy groups -OCH3 is 1. The lowest BCUT2D eigenvalue weighted by atomic mass is 10.6. The van der Waals surface area contributed by atoms with Gasteiger partial charge < -0.3 is 14.7 Å². The topological polar surface area (TPSA) is 80.5 Å². The van der Waals surface area contributed by atoms with Crippen LogP contribution in [0.25, 0.3) is 0 Å². The maximum atomic E-state index is 10.6. The molecule has 0 radical (unpaired) electrons. The Bertz CT molecular complexity index is 447. The van der Waals surface area contributed by atoms with Crippen molar-refractivity contribution in [3.63, 3.8) is 0 Å². The summed E-state index contributed by atoms with van der Waals surface area (Å²) in [6.45, 7) is 1.34. The molecule has 1 aromatic rings. The van der Waals surface area contributed by atoms with Crippen LogP contribution in [0.15, 0.2) is 5.16 Å². The fraction of sp³-hybridized carbons (Fsp3) is 0.727. The van der Waals surface area contributed by atoms with Gasteiger partial charge in [-0.15, -0.1) is 10.2 Å². The van der Waals surface area contributed by atoms with Crippen LogP contribution in [0.2, 0.25) is 0 Å². The number of rotatable bonds is 8. The third kappa shape index (κ3) is 3.60. The van der Waals surface area contributed by atoms with E-state index in [1.165, 1.54) is 11.8 Å². The van der Waals surface area contributed by atoms with E-state index >= 15 is 0 Å². The molecule has 1 N–H and O–H groups in total. The SMILES string of the molecule is COCCN(C)c1nnc(SCC(=O)O)n1C1CC1. The van der Waals surface area contributed by atoms with E-state index in [4.69, 9.17) is 9.84 Å². The van der Waals surface area contributed by atoms with Crippen LogP contribution in [0.5, 0.6) is 0 Å². The first-order chi connectivity index (χ1) is 9.13. The summed E-state index contributed by atoms with van der Waals surface area (Å²) in [7, 11) is 3.60. The standard InChI is InChI=1S/C11H18N4O3S/c1-14(5-6-18-2)10-12-13-11(19-7-9(16)17)15(10)8-3-4-8/h8H,3-7H2,1-2H3,(H,16,17). The lowest BCUT2D eigenvalue weighted by molar-refractivity contribution is -0.133. The van der Waals surface area contributed by atoms with Gasteiger partial charge in [0, 0.05) is 26.7 Å². The van der Waals surface area contributed by atoms with Crippen molar-refractivity contribution < 1.29 is 14.6 Å². The van der Waals surface area contributed by atoms with Crippen molar-refractivity contribution in [3.8, 4) is 0 Å². The Morgan fingerprint density at radius 1 is 1.58 bits per heavy atom. The average molecular weight is 286 g/mol. The number of thioether (sulfide) groups is 1. The monoisotopic (exact) mass is 286 g/mol. The van der Waals surface area contributed by atoms with E-state index in [1.54, 1.807) is 7.11 Å². The quantitative estimate of drug-likeness (QED) is 0.710. The molecule has 1 fully saturated rings. The van der Waals surface area contributed by atoms with Crippen LogP contribution in [-0.2, 0) is 9.53 Å². The second-order valence-corrected chi connectivity index (χ2v) is 5.42. The first-order valence-electron chi connectivity index (χ1n) is 6.13. The van der Waals surface area contributed by atoms with Gasteiger partial charge >= 0.3 is 5.97 Å². The highest BCUT2D eigenvalue weighted by atomic mass is 32.2. The molecule has 19 heavy (non-hydrogen) atoms. The molecule has 1 heterocycles. The Balaban J connectivity index is 2.12. The number of carboxylic acid groups (broad SMARTS) is 1. The number of carbonyl (C=O) groups is 1. The first-order valence-corrected chi connectivity index (χ1v) is 7.11. The Morgan fingerprint density at radius 2 is 2.32 bits per heavy atom. The molecule has 1 aromatic heterocycles. The van der Waals surface area contributed by atoms with Gasteiger partial charge in [0.2, 0.25) is 5.95 Å². The number of carboxylic acids is 1. The van der Waals surface area contributed by atoms with Crippen LogP contribution in [0.1, 0.15) is 18.9 Å². The molecular formula is C11H18N4O3S. The summed E-state index contributed by atoms with van der Waals surface area (Å²) in [6, 6.07) is 0.409. The molecule has 0 saturated heterocycles. The second-order valence-electron chi connectivity index (χ2n) is 4.48. The molecule has 0 spiro atoms. The maximum absolute atomic E-state index is 10.6. The Kier molecular flexibility index (Phi) is 4.65. The van der Waals surface area contributed by atoms with Crippen LogP contribution < -0.4 is 4.90 Å². The zero-order valence-corrected chi connectivity index (χ0v) is 11.9. The van der Waals surface area contributed by atoms with Gasteiger partial charge in [0.05, 0.1) is 12.4 Å². The predicted molar refractivity (Wildman–Crippen MR) is 71.8 cm³/mol. The Morgan fingerprint density at radius 3 is 2.89 bits per heavy atom. The molecule has 1 aliphatic rings. The van der Waals surface area contributed by atoms with Crippen molar-refractivity contribution in [3.05, 3.63) is 0 Å². The maximum Gasteiger partial charge on any atom is 0.313 e. The summed E-state index contributed by atoms with van der Waals surface area (Å²) in [5.74, 6) is -0.0517. The second kappa shape index (κ2) is 6.25. The number of ether oxygens (including phenoxy) is 1. The van der Waals surface area contributed by atoms with Crippen molar-refractivity contribution in [2.75, 3.05) is 38.0 Å².